The summed E-state index contributed by atoms with van der Waals surface area (Å²) in [4.78, 5) is 17.6. The molecule has 0 atom stereocenters. The molecule has 21 heavy (non-hydrogen) atoms. The Morgan fingerprint density at radius 3 is 2.48 bits per heavy atom. The smallest absolute Gasteiger partial charge is 0.262 e. The third-order valence-corrected chi connectivity index (χ3v) is 6.34. The second-order valence-electron chi connectivity index (χ2n) is 5.69. The van der Waals surface area contributed by atoms with Gasteiger partial charge in [0.15, 0.2) is 0 Å². The molecule has 110 valence electrons. The summed E-state index contributed by atoms with van der Waals surface area (Å²) in [7, 11) is 0. The molecule has 3 rings (SSSR count). The minimum Gasteiger partial charge on any atom is -0.325 e. The van der Waals surface area contributed by atoms with E-state index in [4.69, 9.17) is 0 Å². The summed E-state index contributed by atoms with van der Waals surface area (Å²) < 4.78 is 0.831. The molecule has 1 aliphatic carbocycles. The Labute approximate surface area is 142 Å². The lowest BCUT2D eigenvalue weighted by Crippen LogP contribution is -2.19. The van der Waals surface area contributed by atoms with Gasteiger partial charge in [0.1, 0.15) is 0 Å². The van der Waals surface area contributed by atoms with Crippen molar-refractivity contribution in [2.24, 2.45) is 0 Å². The van der Waals surface area contributed by atoms with E-state index in [0.29, 0.717) is 0 Å². The molecule has 0 bridgehead atoms. The molecule has 0 unspecified atom stereocenters. The van der Waals surface area contributed by atoms with E-state index >= 15 is 0 Å². The van der Waals surface area contributed by atoms with Crippen molar-refractivity contribution >= 4 is 34.4 Å². The molecular formula is C17H18INOS. The highest BCUT2D eigenvalue weighted by Crippen LogP contribution is 2.37. The molecule has 0 spiro atoms. The van der Waals surface area contributed by atoms with Crippen LogP contribution in [0.4, 0.5) is 0 Å². The van der Waals surface area contributed by atoms with Crippen LogP contribution in [0.2, 0.25) is 0 Å². The van der Waals surface area contributed by atoms with Gasteiger partial charge in [-0.15, -0.1) is 0 Å². The first-order chi connectivity index (χ1) is 10.0. The maximum Gasteiger partial charge on any atom is 0.262 e. The van der Waals surface area contributed by atoms with Crippen LogP contribution >= 0.6 is 34.4 Å². The SMILES string of the molecule is Cc1cc(C)cc(Sc2c3c([nH]c(=O)c2I)CCCC3)c1. The number of H-pyrrole nitrogens is 1. The molecule has 0 saturated carbocycles. The minimum absolute atomic E-state index is 0.0584. The molecular weight excluding hydrogens is 393 g/mol. The molecule has 1 aromatic carbocycles. The molecule has 0 fully saturated rings. The average molecular weight is 411 g/mol. The van der Waals surface area contributed by atoms with Gasteiger partial charge in [-0.1, -0.05) is 17.8 Å². The first kappa shape index (κ1) is 15.2. The number of halogens is 1. The van der Waals surface area contributed by atoms with Crippen LogP contribution in [0.5, 0.6) is 0 Å². The van der Waals surface area contributed by atoms with Crippen molar-refractivity contribution in [3.8, 4) is 0 Å². The molecule has 0 amide bonds. The Morgan fingerprint density at radius 1 is 1.10 bits per heavy atom. The first-order valence-corrected chi connectivity index (χ1v) is 9.14. The Balaban J connectivity index is 2.09. The third-order valence-electron chi connectivity index (χ3n) is 3.82. The summed E-state index contributed by atoms with van der Waals surface area (Å²) in [5.41, 5.74) is 5.11. The number of nitrogens with one attached hydrogen (secondary N) is 1. The summed E-state index contributed by atoms with van der Waals surface area (Å²) in [6.07, 6.45) is 4.48. The molecule has 4 heteroatoms. The zero-order valence-electron chi connectivity index (χ0n) is 12.3. The topological polar surface area (TPSA) is 32.9 Å². The van der Waals surface area contributed by atoms with Crippen molar-refractivity contribution in [3.05, 3.63) is 54.5 Å². The highest BCUT2D eigenvalue weighted by molar-refractivity contribution is 14.1. The van der Waals surface area contributed by atoms with E-state index in [1.54, 1.807) is 11.8 Å². The van der Waals surface area contributed by atoms with Crippen molar-refractivity contribution in [1.82, 2.24) is 4.98 Å². The van der Waals surface area contributed by atoms with Gasteiger partial charge in [-0.25, -0.2) is 0 Å². The zero-order chi connectivity index (χ0) is 15.0. The van der Waals surface area contributed by atoms with Gasteiger partial charge in [0.2, 0.25) is 0 Å². The van der Waals surface area contributed by atoms with Gasteiger partial charge in [-0.05, 0) is 90.9 Å². The molecule has 0 saturated heterocycles. The van der Waals surface area contributed by atoms with E-state index in [-0.39, 0.29) is 5.56 Å². The van der Waals surface area contributed by atoms with E-state index < -0.39 is 0 Å². The normalized spacial score (nSPS) is 14.0. The van der Waals surface area contributed by atoms with Gasteiger partial charge in [0, 0.05) is 15.5 Å². The number of hydrogen-bond acceptors (Lipinski definition) is 2. The Morgan fingerprint density at radius 2 is 1.76 bits per heavy atom. The van der Waals surface area contributed by atoms with Crippen LogP contribution in [-0.4, -0.2) is 4.98 Å². The van der Waals surface area contributed by atoms with Crippen molar-refractivity contribution in [2.45, 2.75) is 49.3 Å². The number of aryl methyl sites for hydroxylation is 3. The number of aromatic amines is 1. The van der Waals surface area contributed by atoms with Gasteiger partial charge in [-0.3, -0.25) is 4.79 Å². The molecule has 1 aliphatic rings. The number of pyridine rings is 1. The first-order valence-electron chi connectivity index (χ1n) is 7.24. The van der Waals surface area contributed by atoms with Crippen LogP contribution in [0.3, 0.4) is 0 Å². The molecule has 2 nitrogen and oxygen atoms in total. The van der Waals surface area contributed by atoms with Crippen LogP contribution < -0.4 is 5.56 Å². The van der Waals surface area contributed by atoms with Gasteiger partial charge in [-0.2, -0.15) is 0 Å². The predicted molar refractivity (Wildman–Crippen MR) is 96.5 cm³/mol. The molecule has 0 radical (unpaired) electrons. The summed E-state index contributed by atoms with van der Waals surface area (Å²) in [6.45, 7) is 4.24. The average Bonchev–Trinajstić information content (AvgIpc) is 2.43. The Hall–Kier alpha value is -0.750. The van der Waals surface area contributed by atoms with E-state index in [2.05, 4.69) is 59.6 Å². The van der Waals surface area contributed by atoms with Crippen LogP contribution in [0, 0.1) is 17.4 Å². The lowest BCUT2D eigenvalue weighted by Gasteiger charge is -2.20. The Kier molecular flexibility index (Phi) is 4.45. The summed E-state index contributed by atoms with van der Waals surface area (Å²) in [6, 6.07) is 6.58. The van der Waals surface area contributed by atoms with Gasteiger partial charge < -0.3 is 4.98 Å². The van der Waals surface area contributed by atoms with Crippen LogP contribution in [0.15, 0.2) is 32.8 Å². The monoisotopic (exact) mass is 411 g/mol. The molecule has 2 aromatic rings. The zero-order valence-corrected chi connectivity index (χ0v) is 15.2. The molecule has 0 aliphatic heterocycles. The summed E-state index contributed by atoms with van der Waals surface area (Å²) in [5.74, 6) is 0. The van der Waals surface area contributed by atoms with Crippen LogP contribution in [0.1, 0.15) is 35.2 Å². The minimum atomic E-state index is 0.0584. The van der Waals surface area contributed by atoms with Gasteiger partial charge in [0.05, 0.1) is 3.57 Å². The highest BCUT2D eigenvalue weighted by Gasteiger charge is 2.19. The standard InChI is InChI=1S/C17H18INOS/c1-10-7-11(2)9-12(8-10)21-16-13-5-3-4-6-14(13)19-17(20)15(16)18/h7-9H,3-6H2,1-2H3,(H,19,20). The second kappa shape index (κ2) is 6.16. The quantitative estimate of drug-likeness (QED) is 0.732. The second-order valence-corrected chi connectivity index (χ2v) is 7.85. The van der Waals surface area contributed by atoms with Gasteiger partial charge in [0.25, 0.3) is 5.56 Å². The largest absolute Gasteiger partial charge is 0.325 e. The fourth-order valence-electron chi connectivity index (χ4n) is 2.94. The number of aromatic nitrogens is 1. The van der Waals surface area contributed by atoms with Crippen molar-refractivity contribution in [1.29, 1.82) is 0 Å². The fourth-order valence-corrected chi connectivity index (χ4v) is 4.98. The van der Waals surface area contributed by atoms with Crippen molar-refractivity contribution in [2.75, 3.05) is 0 Å². The lowest BCUT2D eigenvalue weighted by molar-refractivity contribution is 0.652. The summed E-state index contributed by atoms with van der Waals surface area (Å²) >= 11 is 3.93. The molecule has 1 N–H and O–H groups in total. The van der Waals surface area contributed by atoms with E-state index in [1.165, 1.54) is 39.3 Å². The van der Waals surface area contributed by atoms with E-state index in [9.17, 15) is 4.79 Å². The number of rotatable bonds is 2. The maximum atomic E-state index is 12.2. The van der Waals surface area contributed by atoms with Crippen molar-refractivity contribution in [3.63, 3.8) is 0 Å². The van der Waals surface area contributed by atoms with Gasteiger partial charge >= 0.3 is 0 Å². The van der Waals surface area contributed by atoms with E-state index in [0.717, 1.165) is 22.1 Å². The molecule has 1 heterocycles. The van der Waals surface area contributed by atoms with Crippen LogP contribution in [-0.2, 0) is 12.8 Å². The third kappa shape index (κ3) is 3.21. The van der Waals surface area contributed by atoms with Crippen molar-refractivity contribution < 1.29 is 0 Å². The lowest BCUT2D eigenvalue weighted by atomic mass is 9.96. The maximum absolute atomic E-state index is 12.2. The highest BCUT2D eigenvalue weighted by atomic mass is 127. The summed E-state index contributed by atoms with van der Waals surface area (Å²) in [5, 5.41) is 0. The predicted octanol–water partition coefficient (Wildman–Crippen LogP) is 4.63. The number of hydrogen-bond donors (Lipinski definition) is 1. The number of fused-ring (bicyclic) bond motifs is 1. The van der Waals surface area contributed by atoms with Crippen LogP contribution in [0.25, 0.3) is 0 Å². The molecule has 1 aromatic heterocycles. The number of benzene rings is 1. The fraction of sp³-hybridized carbons (Fsp3) is 0.353. The van der Waals surface area contributed by atoms with E-state index in [1.807, 2.05) is 0 Å². The Bertz CT molecular complexity index is 731.